The zero-order valence-corrected chi connectivity index (χ0v) is 10.6. The van der Waals surface area contributed by atoms with Gasteiger partial charge < -0.3 is 5.32 Å². The summed E-state index contributed by atoms with van der Waals surface area (Å²) in [7, 11) is 0. The van der Waals surface area contributed by atoms with E-state index in [1.807, 2.05) is 0 Å². The van der Waals surface area contributed by atoms with Crippen LogP contribution in [0.15, 0.2) is 18.2 Å². The highest BCUT2D eigenvalue weighted by atomic mass is 19.1. The van der Waals surface area contributed by atoms with Crippen molar-refractivity contribution >= 4 is 0 Å². The maximum Gasteiger partial charge on any atom is 0.130 e. The second-order valence-electron chi connectivity index (χ2n) is 4.48. The van der Waals surface area contributed by atoms with Gasteiger partial charge in [-0.2, -0.15) is 0 Å². The molecule has 1 unspecified atom stereocenters. The van der Waals surface area contributed by atoms with Gasteiger partial charge in [-0.3, -0.25) is 0 Å². The summed E-state index contributed by atoms with van der Waals surface area (Å²) in [4.78, 5) is 0. The molecule has 0 amide bonds. The van der Waals surface area contributed by atoms with Gasteiger partial charge in [-0.05, 0) is 25.5 Å². The highest BCUT2D eigenvalue weighted by Crippen LogP contribution is 2.12. The molecular weight excluding hydrogens is 220 g/mol. The van der Waals surface area contributed by atoms with Gasteiger partial charge in [0, 0.05) is 18.2 Å². The molecule has 0 fully saturated rings. The van der Waals surface area contributed by atoms with E-state index in [1.54, 1.807) is 0 Å². The summed E-state index contributed by atoms with van der Waals surface area (Å²) in [6, 6.07) is 4.27. The van der Waals surface area contributed by atoms with Gasteiger partial charge in [-0.1, -0.05) is 32.3 Å². The molecule has 0 spiro atoms. The van der Waals surface area contributed by atoms with Gasteiger partial charge in [-0.15, -0.1) is 0 Å². The smallest absolute Gasteiger partial charge is 0.130 e. The van der Waals surface area contributed by atoms with Crippen LogP contribution in [0.4, 0.5) is 8.78 Å². The van der Waals surface area contributed by atoms with Crippen LogP contribution in [0.2, 0.25) is 0 Å². The quantitative estimate of drug-likeness (QED) is 0.711. The maximum absolute atomic E-state index is 13.3. The Bertz CT molecular complexity index is 319. The van der Waals surface area contributed by atoms with Crippen LogP contribution in [0.1, 0.15) is 45.1 Å². The lowest BCUT2D eigenvalue weighted by Gasteiger charge is -2.14. The lowest BCUT2D eigenvalue weighted by atomic mass is 10.1. The second kappa shape index (κ2) is 7.38. The van der Waals surface area contributed by atoms with Crippen molar-refractivity contribution < 1.29 is 8.78 Å². The molecule has 0 saturated heterocycles. The third kappa shape index (κ3) is 4.82. The molecule has 17 heavy (non-hydrogen) atoms. The number of hydrogen-bond acceptors (Lipinski definition) is 1. The van der Waals surface area contributed by atoms with E-state index in [1.165, 1.54) is 31.0 Å². The van der Waals surface area contributed by atoms with Crippen molar-refractivity contribution in [3.8, 4) is 0 Å². The summed E-state index contributed by atoms with van der Waals surface area (Å²) in [6.07, 6.45) is 4.60. The van der Waals surface area contributed by atoms with Crippen LogP contribution in [0.25, 0.3) is 0 Å². The molecule has 0 aromatic heterocycles. The van der Waals surface area contributed by atoms with E-state index >= 15 is 0 Å². The van der Waals surface area contributed by atoms with Crippen LogP contribution in [-0.2, 0) is 6.54 Å². The van der Waals surface area contributed by atoms with E-state index in [4.69, 9.17) is 0 Å². The Morgan fingerprint density at radius 2 is 1.82 bits per heavy atom. The Balaban J connectivity index is 2.39. The van der Waals surface area contributed by atoms with E-state index in [0.717, 1.165) is 12.8 Å². The van der Waals surface area contributed by atoms with Crippen molar-refractivity contribution in [3.63, 3.8) is 0 Å². The maximum atomic E-state index is 13.3. The minimum absolute atomic E-state index is 0.134. The number of benzene rings is 1. The first-order valence-corrected chi connectivity index (χ1v) is 6.31. The summed E-state index contributed by atoms with van der Waals surface area (Å²) < 4.78 is 26.7. The van der Waals surface area contributed by atoms with Crippen molar-refractivity contribution in [2.45, 2.75) is 52.1 Å². The fourth-order valence-corrected chi connectivity index (χ4v) is 1.78. The number of nitrogens with one attached hydrogen (secondary N) is 1. The molecule has 0 aliphatic heterocycles. The van der Waals surface area contributed by atoms with Crippen LogP contribution >= 0.6 is 0 Å². The van der Waals surface area contributed by atoms with Crippen LogP contribution < -0.4 is 5.32 Å². The zero-order chi connectivity index (χ0) is 12.7. The van der Waals surface area contributed by atoms with Gasteiger partial charge in [0.15, 0.2) is 0 Å². The Hall–Kier alpha value is -0.960. The zero-order valence-electron chi connectivity index (χ0n) is 10.6. The van der Waals surface area contributed by atoms with Crippen molar-refractivity contribution in [2.24, 2.45) is 0 Å². The molecule has 1 N–H and O–H groups in total. The molecule has 0 saturated carbocycles. The van der Waals surface area contributed by atoms with Gasteiger partial charge in [-0.25, -0.2) is 8.78 Å². The second-order valence-corrected chi connectivity index (χ2v) is 4.48. The first kappa shape index (κ1) is 14.1. The van der Waals surface area contributed by atoms with Crippen molar-refractivity contribution in [2.75, 3.05) is 0 Å². The van der Waals surface area contributed by atoms with E-state index in [2.05, 4.69) is 19.2 Å². The minimum atomic E-state index is -0.474. The fraction of sp³-hybridized carbons (Fsp3) is 0.571. The Morgan fingerprint density at radius 1 is 1.18 bits per heavy atom. The lowest BCUT2D eigenvalue weighted by Crippen LogP contribution is -2.26. The summed E-state index contributed by atoms with van der Waals surface area (Å²) in [5, 5.41) is 3.16. The van der Waals surface area contributed by atoms with Crippen molar-refractivity contribution in [1.29, 1.82) is 0 Å². The summed E-state index contributed by atoms with van der Waals surface area (Å²) >= 11 is 0. The molecule has 1 atom stereocenters. The topological polar surface area (TPSA) is 12.0 Å². The molecule has 3 heteroatoms. The van der Waals surface area contributed by atoms with Crippen LogP contribution in [0, 0.1) is 11.6 Å². The highest BCUT2D eigenvalue weighted by Gasteiger charge is 2.09. The molecule has 96 valence electrons. The van der Waals surface area contributed by atoms with Crippen molar-refractivity contribution in [1.82, 2.24) is 5.32 Å². The third-order valence-electron chi connectivity index (χ3n) is 2.93. The number of rotatable bonds is 7. The first-order valence-electron chi connectivity index (χ1n) is 6.31. The first-order chi connectivity index (χ1) is 8.15. The van der Waals surface area contributed by atoms with E-state index in [0.29, 0.717) is 6.04 Å². The minimum Gasteiger partial charge on any atom is -0.310 e. The summed E-state index contributed by atoms with van der Waals surface area (Å²) in [6.45, 7) is 4.47. The van der Waals surface area contributed by atoms with Gasteiger partial charge >= 0.3 is 0 Å². The molecule has 1 aromatic carbocycles. The lowest BCUT2D eigenvalue weighted by molar-refractivity contribution is 0.466. The summed E-state index contributed by atoms with van der Waals surface area (Å²) in [5.74, 6) is -0.948. The van der Waals surface area contributed by atoms with Crippen molar-refractivity contribution in [3.05, 3.63) is 35.4 Å². The van der Waals surface area contributed by atoms with E-state index in [9.17, 15) is 8.78 Å². The Labute approximate surface area is 102 Å². The molecule has 1 aromatic rings. The molecule has 0 heterocycles. The highest BCUT2D eigenvalue weighted by molar-refractivity contribution is 5.19. The molecule has 0 aliphatic carbocycles. The molecule has 0 bridgehead atoms. The SMILES string of the molecule is CCCCCC(C)NCc1c(F)cccc1F. The normalized spacial score (nSPS) is 12.7. The van der Waals surface area contributed by atoms with Gasteiger partial charge in [0.05, 0.1) is 0 Å². The van der Waals surface area contributed by atoms with E-state index in [-0.39, 0.29) is 12.1 Å². The van der Waals surface area contributed by atoms with E-state index < -0.39 is 11.6 Å². The molecule has 1 nitrogen and oxygen atoms in total. The van der Waals surface area contributed by atoms with Crippen LogP contribution in [0.3, 0.4) is 0 Å². The molecular formula is C14H21F2N. The van der Waals surface area contributed by atoms with Gasteiger partial charge in [0.2, 0.25) is 0 Å². The largest absolute Gasteiger partial charge is 0.310 e. The number of halogens is 2. The predicted octanol–water partition coefficient (Wildman–Crippen LogP) is 4.02. The predicted molar refractivity (Wildman–Crippen MR) is 66.8 cm³/mol. The Morgan fingerprint density at radius 3 is 2.41 bits per heavy atom. The molecule has 0 aliphatic rings. The van der Waals surface area contributed by atoms with Crippen LogP contribution in [-0.4, -0.2) is 6.04 Å². The Kier molecular flexibility index (Phi) is 6.12. The summed E-state index contributed by atoms with van der Waals surface area (Å²) in [5.41, 5.74) is 0.134. The third-order valence-corrected chi connectivity index (χ3v) is 2.93. The molecule has 1 rings (SSSR count). The molecule has 0 radical (unpaired) electrons. The fourth-order valence-electron chi connectivity index (χ4n) is 1.78. The standard InChI is InChI=1S/C14H21F2N/c1-3-4-5-7-11(2)17-10-12-13(15)8-6-9-14(12)16/h6,8-9,11,17H,3-5,7,10H2,1-2H3. The average Bonchev–Trinajstić information content (AvgIpc) is 2.29. The van der Waals surface area contributed by atoms with Gasteiger partial charge in [0.25, 0.3) is 0 Å². The number of unbranched alkanes of at least 4 members (excludes halogenated alkanes) is 2. The monoisotopic (exact) mass is 241 g/mol. The number of hydrogen-bond donors (Lipinski definition) is 1. The van der Waals surface area contributed by atoms with Gasteiger partial charge in [0.1, 0.15) is 11.6 Å². The van der Waals surface area contributed by atoms with Crippen LogP contribution in [0.5, 0.6) is 0 Å². The average molecular weight is 241 g/mol.